The van der Waals surface area contributed by atoms with Crippen molar-refractivity contribution in [3.8, 4) is 0 Å². The average Bonchev–Trinajstić information content (AvgIpc) is 2.75. The molecule has 2 rings (SSSR count). The molecule has 0 spiro atoms. The number of amides is 2. The van der Waals surface area contributed by atoms with Crippen LogP contribution in [0.3, 0.4) is 0 Å². The van der Waals surface area contributed by atoms with Crippen LogP contribution in [0.5, 0.6) is 0 Å². The van der Waals surface area contributed by atoms with Crippen molar-refractivity contribution in [3.63, 3.8) is 0 Å². The zero-order chi connectivity index (χ0) is 11.4. The maximum Gasteiger partial charge on any atom is 0.229 e. The first-order valence-corrected chi connectivity index (χ1v) is 5.56. The molecule has 2 heterocycles. The fraction of sp³-hybridized carbons (Fsp3) is 0.545. The highest BCUT2D eigenvalue weighted by Gasteiger charge is 2.24. The summed E-state index contributed by atoms with van der Waals surface area (Å²) in [5.74, 6) is -0.0521. The second-order valence-electron chi connectivity index (χ2n) is 3.95. The molecule has 0 aliphatic carbocycles. The van der Waals surface area contributed by atoms with Crippen LogP contribution in [-0.2, 0) is 16.1 Å². The summed E-state index contributed by atoms with van der Waals surface area (Å²) in [6, 6.07) is 0. The number of aromatic nitrogens is 2. The predicted molar refractivity (Wildman–Crippen MR) is 57.4 cm³/mol. The van der Waals surface area contributed by atoms with Gasteiger partial charge in [-0.3, -0.25) is 14.5 Å². The first-order chi connectivity index (χ1) is 7.77. The van der Waals surface area contributed by atoms with Gasteiger partial charge in [-0.2, -0.15) is 0 Å². The van der Waals surface area contributed by atoms with Crippen molar-refractivity contribution in [2.24, 2.45) is 0 Å². The predicted octanol–water partition coefficient (Wildman–Crippen LogP) is 0.812. The first kappa shape index (κ1) is 10.9. The van der Waals surface area contributed by atoms with Gasteiger partial charge in [-0.15, -0.1) is 0 Å². The molecule has 0 aromatic carbocycles. The Labute approximate surface area is 94.1 Å². The number of aryl methyl sites for hydroxylation is 1. The lowest BCUT2D eigenvalue weighted by Gasteiger charge is -2.24. The molecule has 0 atom stereocenters. The molecule has 1 saturated heterocycles. The maximum atomic E-state index is 11.5. The number of nitrogens with zero attached hydrogens (tertiary/aromatic N) is 3. The lowest BCUT2D eigenvalue weighted by atomic mass is 10.1. The molecule has 2 amide bonds. The molecule has 0 radical (unpaired) electrons. The minimum absolute atomic E-state index is 0.0260. The fourth-order valence-corrected chi connectivity index (χ4v) is 1.88. The second kappa shape index (κ2) is 4.92. The summed E-state index contributed by atoms with van der Waals surface area (Å²) in [5.41, 5.74) is 0. The molecule has 1 aliphatic heterocycles. The van der Waals surface area contributed by atoms with Gasteiger partial charge in [-0.25, -0.2) is 4.98 Å². The largest absolute Gasteiger partial charge is 0.337 e. The van der Waals surface area contributed by atoms with E-state index in [1.54, 1.807) is 12.5 Å². The Bertz CT molecular complexity index is 357. The summed E-state index contributed by atoms with van der Waals surface area (Å²) in [7, 11) is 0. The van der Waals surface area contributed by atoms with Gasteiger partial charge in [0.05, 0.1) is 6.33 Å². The van der Waals surface area contributed by atoms with E-state index in [0.29, 0.717) is 25.8 Å². The molecule has 0 unspecified atom stereocenters. The Morgan fingerprint density at radius 2 is 1.94 bits per heavy atom. The third-order valence-electron chi connectivity index (χ3n) is 2.74. The summed E-state index contributed by atoms with van der Waals surface area (Å²) in [6.07, 6.45) is 7.84. The average molecular weight is 221 g/mol. The van der Waals surface area contributed by atoms with Gasteiger partial charge in [-0.05, 0) is 12.8 Å². The Morgan fingerprint density at radius 1 is 1.19 bits per heavy atom. The van der Waals surface area contributed by atoms with Crippen molar-refractivity contribution < 1.29 is 9.59 Å². The van der Waals surface area contributed by atoms with Crippen LogP contribution in [0.15, 0.2) is 18.7 Å². The van der Waals surface area contributed by atoms with E-state index in [4.69, 9.17) is 0 Å². The van der Waals surface area contributed by atoms with E-state index < -0.39 is 0 Å². The van der Waals surface area contributed by atoms with Crippen molar-refractivity contribution in [1.29, 1.82) is 0 Å². The summed E-state index contributed by atoms with van der Waals surface area (Å²) >= 11 is 0. The van der Waals surface area contributed by atoms with E-state index >= 15 is 0 Å². The highest BCUT2D eigenvalue weighted by Crippen LogP contribution is 2.12. The third-order valence-corrected chi connectivity index (χ3v) is 2.74. The minimum Gasteiger partial charge on any atom is -0.337 e. The third kappa shape index (κ3) is 2.48. The molecule has 0 N–H and O–H groups in total. The van der Waals surface area contributed by atoms with Crippen molar-refractivity contribution in [3.05, 3.63) is 18.7 Å². The van der Waals surface area contributed by atoms with E-state index in [2.05, 4.69) is 4.98 Å². The number of imide groups is 1. The Hall–Kier alpha value is -1.65. The van der Waals surface area contributed by atoms with Gasteiger partial charge in [0.25, 0.3) is 0 Å². The molecular formula is C11H15N3O2. The molecule has 1 aromatic rings. The van der Waals surface area contributed by atoms with Crippen molar-refractivity contribution in [2.45, 2.75) is 32.2 Å². The second-order valence-corrected chi connectivity index (χ2v) is 3.95. The lowest BCUT2D eigenvalue weighted by Crippen LogP contribution is -2.40. The number of imidazole rings is 1. The molecule has 1 fully saturated rings. The number of likely N-dealkylation sites (tertiary alicyclic amines) is 1. The molecule has 1 aromatic heterocycles. The number of rotatable bonds is 4. The molecule has 0 saturated carbocycles. The monoisotopic (exact) mass is 221 g/mol. The number of hydrogen-bond donors (Lipinski definition) is 0. The van der Waals surface area contributed by atoms with Crippen molar-refractivity contribution in [1.82, 2.24) is 14.5 Å². The molecular weight excluding hydrogens is 206 g/mol. The minimum atomic E-state index is -0.0260. The summed E-state index contributed by atoms with van der Waals surface area (Å²) in [5, 5.41) is 0. The quantitative estimate of drug-likeness (QED) is 0.707. The molecule has 16 heavy (non-hydrogen) atoms. The van der Waals surface area contributed by atoms with E-state index in [0.717, 1.165) is 13.0 Å². The van der Waals surface area contributed by atoms with E-state index in [1.807, 2.05) is 10.8 Å². The highest BCUT2D eigenvalue weighted by molar-refractivity contribution is 5.97. The van der Waals surface area contributed by atoms with Gasteiger partial charge in [0.1, 0.15) is 0 Å². The van der Waals surface area contributed by atoms with Crippen molar-refractivity contribution in [2.75, 3.05) is 6.54 Å². The van der Waals surface area contributed by atoms with Gasteiger partial charge < -0.3 is 4.57 Å². The van der Waals surface area contributed by atoms with Gasteiger partial charge in [0.15, 0.2) is 0 Å². The SMILES string of the molecule is O=C1CCCC(=O)N1CCCn1ccnc1. The summed E-state index contributed by atoms with van der Waals surface area (Å²) < 4.78 is 1.94. The van der Waals surface area contributed by atoms with Crippen LogP contribution in [0, 0.1) is 0 Å². The van der Waals surface area contributed by atoms with E-state index in [-0.39, 0.29) is 11.8 Å². The van der Waals surface area contributed by atoms with E-state index in [9.17, 15) is 9.59 Å². The Kier molecular flexibility index (Phi) is 3.34. The summed E-state index contributed by atoms with van der Waals surface area (Å²) in [4.78, 5) is 28.3. The maximum absolute atomic E-state index is 11.5. The molecule has 0 bridgehead atoms. The van der Waals surface area contributed by atoms with E-state index in [1.165, 1.54) is 4.90 Å². The topological polar surface area (TPSA) is 55.2 Å². The molecule has 1 aliphatic rings. The van der Waals surface area contributed by atoms with Gasteiger partial charge in [0, 0.05) is 38.3 Å². The van der Waals surface area contributed by atoms with Crippen LogP contribution in [0.4, 0.5) is 0 Å². The summed E-state index contributed by atoms with van der Waals surface area (Å²) in [6.45, 7) is 1.31. The molecule has 5 heteroatoms. The zero-order valence-electron chi connectivity index (χ0n) is 9.13. The first-order valence-electron chi connectivity index (χ1n) is 5.56. The number of carbonyl (C=O) groups is 2. The van der Waals surface area contributed by atoms with Crippen LogP contribution < -0.4 is 0 Å². The number of carbonyl (C=O) groups excluding carboxylic acids is 2. The van der Waals surface area contributed by atoms with Crippen LogP contribution in [0.1, 0.15) is 25.7 Å². The Balaban J connectivity index is 1.80. The van der Waals surface area contributed by atoms with Crippen LogP contribution in [0.25, 0.3) is 0 Å². The lowest BCUT2D eigenvalue weighted by molar-refractivity contribution is -0.148. The van der Waals surface area contributed by atoms with Crippen LogP contribution in [-0.4, -0.2) is 32.8 Å². The van der Waals surface area contributed by atoms with Crippen molar-refractivity contribution >= 4 is 11.8 Å². The van der Waals surface area contributed by atoms with Gasteiger partial charge in [0.2, 0.25) is 11.8 Å². The number of hydrogen-bond acceptors (Lipinski definition) is 3. The highest BCUT2D eigenvalue weighted by atomic mass is 16.2. The smallest absolute Gasteiger partial charge is 0.229 e. The van der Waals surface area contributed by atoms with Crippen LogP contribution >= 0.6 is 0 Å². The standard InChI is InChI=1S/C11H15N3O2/c15-10-3-1-4-11(16)14(10)7-2-6-13-8-5-12-9-13/h5,8-9H,1-4,6-7H2. The zero-order valence-corrected chi connectivity index (χ0v) is 9.13. The Morgan fingerprint density at radius 3 is 2.56 bits per heavy atom. The number of piperidine rings is 1. The van der Waals surface area contributed by atoms with Gasteiger partial charge >= 0.3 is 0 Å². The normalized spacial score (nSPS) is 16.9. The molecule has 86 valence electrons. The molecule has 5 nitrogen and oxygen atoms in total. The van der Waals surface area contributed by atoms with Crippen LogP contribution in [0.2, 0.25) is 0 Å². The van der Waals surface area contributed by atoms with Gasteiger partial charge in [-0.1, -0.05) is 0 Å². The fourth-order valence-electron chi connectivity index (χ4n) is 1.88.